The lowest BCUT2D eigenvalue weighted by atomic mass is 10.1. The van der Waals surface area contributed by atoms with Crippen LogP contribution < -0.4 is 9.47 Å². The van der Waals surface area contributed by atoms with Crippen molar-refractivity contribution in [3.8, 4) is 17.2 Å². The SMILES string of the molecule is COc1cc(C(O)C(=O)O)cc(O)c1OC. The fourth-order valence-corrected chi connectivity index (χ4v) is 1.27. The zero-order chi connectivity index (χ0) is 12.3. The minimum atomic E-state index is -1.72. The average Bonchev–Trinajstić information content (AvgIpc) is 2.26. The summed E-state index contributed by atoms with van der Waals surface area (Å²) in [7, 11) is 2.68. The maximum absolute atomic E-state index is 10.6. The van der Waals surface area contributed by atoms with E-state index in [0.29, 0.717) is 0 Å². The number of methoxy groups -OCH3 is 2. The monoisotopic (exact) mass is 228 g/mol. The summed E-state index contributed by atoms with van der Waals surface area (Å²) in [5, 5.41) is 27.4. The zero-order valence-corrected chi connectivity index (χ0v) is 8.80. The van der Waals surface area contributed by atoms with Gasteiger partial charge in [0.25, 0.3) is 0 Å². The molecule has 0 saturated heterocycles. The number of phenolic OH excluding ortho intramolecular Hbond substituents is 1. The molecule has 0 radical (unpaired) electrons. The van der Waals surface area contributed by atoms with Gasteiger partial charge in [-0.05, 0) is 17.7 Å². The third kappa shape index (κ3) is 2.17. The first kappa shape index (κ1) is 12.1. The molecule has 0 amide bonds. The van der Waals surface area contributed by atoms with Crippen LogP contribution in [0.2, 0.25) is 0 Å². The molecular formula is C10H12O6. The first-order valence-corrected chi connectivity index (χ1v) is 4.37. The molecule has 0 spiro atoms. The van der Waals surface area contributed by atoms with E-state index in [4.69, 9.17) is 14.6 Å². The number of aliphatic hydroxyl groups is 1. The number of ether oxygens (including phenoxy) is 2. The van der Waals surface area contributed by atoms with Gasteiger partial charge in [0.05, 0.1) is 14.2 Å². The fraction of sp³-hybridized carbons (Fsp3) is 0.300. The topological polar surface area (TPSA) is 96.2 Å². The van der Waals surface area contributed by atoms with Gasteiger partial charge in [0.2, 0.25) is 5.75 Å². The van der Waals surface area contributed by atoms with Crippen molar-refractivity contribution in [1.29, 1.82) is 0 Å². The van der Waals surface area contributed by atoms with Gasteiger partial charge in [0.1, 0.15) is 0 Å². The molecule has 88 valence electrons. The number of carboxylic acid groups (broad SMARTS) is 1. The van der Waals surface area contributed by atoms with Crippen LogP contribution in [0.5, 0.6) is 17.2 Å². The van der Waals surface area contributed by atoms with E-state index in [1.807, 2.05) is 0 Å². The third-order valence-corrected chi connectivity index (χ3v) is 2.03. The highest BCUT2D eigenvalue weighted by molar-refractivity contribution is 5.75. The standard InChI is InChI=1S/C10H12O6/c1-15-7-4-5(8(12)10(13)14)3-6(11)9(7)16-2/h3-4,8,11-12H,1-2H3,(H,13,14). The van der Waals surface area contributed by atoms with Gasteiger partial charge in [-0.3, -0.25) is 0 Å². The summed E-state index contributed by atoms with van der Waals surface area (Å²) in [5.41, 5.74) is 0.0163. The lowest BCUT2D eigenvalue weighted by molar-refractivity contribution is -0.146. The smallest absolute Gasteiger partial charge is 0.337 e. The van der Waals surface area contributed by atoms with Gasteiger partial charge in [-0.15, -0.1) is 0 Å². The van der Waals surface area contributed by atoms with Crippen LogP contribution in [0.25, 0.3) is 0 Å². The molecule has 0 aliphatic heterocycles. The lowest BCUT2D eigenvalue weighted by Gasteiger charge is -2.13. The molecule has 3 N–H and O–H groups in total. The van der Waals surface area contributed by atoms with Crippen LogP contribution in [0.3, 0.4) is 0 Å². The quantitative estimate of drug-likeness (QED) is 0.695. The van der Waals surface area contributed by atoms with Crippen LogP contribution in [0.15, 0.2) is 12.1 Å². The third-order valence-electron chi connectivity index (χ3n) is 2.03. The Balaban J connectivity index is 3.25. The Kier molecular flexibility index (Phi) is 3.57. The number of aromatic hydroxyl groups is 1. The van der Waals surface area contributed by atoms with Crippen molar-refractivity contribution < 1.29 is 29.6 Å². The predicted octanol–water partition coefficient (Wildman–Crippen LogP) is 0.527. The lowest BCUT2D eigenvalue weighted by Crippen LogP contribution is -2.10. The van der Waals surface area contributed by atoms with Crippen LogP contribution in [-0.2, 0) is 4.79 Å². The molecule has 6 heteroatoms. The van der Waals surface area contributed by atoms with E-state index in [1.165, 1.54) is 20.3 Å². The maximum Gasteiger partial charge on any atom is 0.337 e. The number of phenols is 1. The number of hydrogen-bond donors (Lipinski definition) is 3. The highest BCUT2D eigenvalue weighted by atomic mass is 16.5. The van der Waals surface area contributed by atoms with E-state index in [1.54, 1.807) is 0 Å². The minimum Gasteiger partial charge on any atom is -0.504 e. The van der Waals surface area contributed by atoms with Gasteiger partial charge in [0.15, 0.2) is 17.6 Å². The number of hydrogen-bond acceptors (Lipinski definition) is 5. The summed E-state index contributed by atoms with van der Waals surface area (Å²) in [6.07, 6.45) is -1.72. The second kappa shape index (κ2) is 4.71. The molecule has 6 nitrogen and oxygen atoms in total. The molecule has 1 unspecified atom stereocenters. The van der Waals surface area contributed by atoms with Crippen LogP contribution in [0, 0.1) is 0 Å². The summed E-state index contributed by atoms with van der Waals surface area (Å²) >= 11 is 0. The molecule has 0 saturated carbocycles. The van der Waals surface area contributed by atoms with E-state index < -0.39 is 12.1 Å². The van der Waals surface area contributed by atoms with Gasteiger partial charge >= 0.3 is 5.97 Å². The Hall–Kier alpha value is -1.95. The molecule has 1 rings (SSSR count). The normalized spacial score (nSPS) is 11.9. The van der Waals surface area contributed by atoms with Crippen LogP contribution in [0.4, 0.5) is 0 Å². The number of rotatable bonds is 4. The Morgan fingerprint density at radius 3 is 2.38 bits per heavy atom. The van der Waals surface area contributed by atoms with Crippen molar-refractivity contribution in [3.05, 3.63) is 17.7 Å². The Labute approximate surface area is 91.7 Å². The molecular weight excluding hydrogens is 216 g/mol. The van der Waals surface area contributed by atoms with Crippen molar-refractivity contribution in [3.63, 3.8) is 0 Å². The Bertz CT molecular complexity index is 401. The van der Waals surface area contributed by atoms with Crippen LogP contribution in [-0.4, -0.2) is 35.5 Å². The first-order valence-electron chi connectivity index (χ1n) is 4.37. The summed E-state index contributed by atoms with van der Waals surface area (Å²) in [4.78, 5) is 10.6. The maximum atomic E-state index is 10.6. The van der Waals surface area contributed by atoms with Gasteiger partial charge in [-0.25, -0.2) is 4.79 Å². The number of carboxylic acids is 1. The molecule has 16 heavy (non-hydrogen) atoms. The van der Waals surface area contributed by atoms with Gasteiger partial charge in [-0.1, -0.05) is 0 Å². The second-order valence-corrected chi connectivity index (χ2v) is 3.02. The summed E-state index contributed by atoms with van der Waals surface area (Å²) < 4.78 is 9.76. The summed E-state index contributed by atoms with van der Waals surface area (Å²) in [6, 6.07) is 2.40. The molecule has 0 heterocycles. The van der Waals surface area contributed by atoms with E-state index in [0.717, 1.165) is 6.07 Å². The summed E-state index contributed by atoms with van der Waals surface area (Å²) in [6.45, 7) is 0. The van der Waals surface area contributed by atoms with E-state index in [2.05, 4.69) is 0 Å². The zero-order valence-electron chi connectivity index (χ0n) is 8.80. The fourth-order valence-electron chi connectivity index (χ4n) is 1.27. The number of aliphatic carboxylic acids is 1. The van der Waals surface area contributed by atoms with Crippen LogP contribution >= 0.6 is 0 Å². The minimum absolute atomic E-state index is 0.0163. The molecule has 0 fully saturated rings. The molecule has 0 aromatic heterocycles. The highest BCUT2D eigenvalue weighted by Gasteiger charge is 2.20. The van der Waals surface area contributed by atoms with Crippen molar-refractivity contribution in [2.75, 3.05) is 14.2 Å². The second-order valence-electron chi connectivity index (χ2n) is 3.02. The highest BCUT2D eigenvalue weighted by Crippen LogP contribution is 2.38. The number of aliphatic hydroxyl groups excluding tert-OH is 1. The van der Waals surface area contributed by atoms with Crippen molar-refractivity contribution in [2.24, 2.45) is 0 Å². The molecule has 1 atom stereocenters. The van der Waals surface area contributed by atoms with E-state index in [9.17, 15) is 15.0 Å². The van der Waals surface area contributed by atoms with E-state index >= 15 is 0 Å². The molecule has 0 aliphatic rings. The van der Waals surface area contributed by atoms with Crippen LogP contribution in [0.1, 0.15) is 11.7 Å². The molecule has 0 bridgehead atoms. The molecule has 0 aliphatic carbocycles. The average molecular weight is 228 g/mol. The van der Waals surface area contributed by atoms with Crippen molar-refractivity contribution in [1.82, 2.24) is 0 Å². The predicted molar refractivity (Wildman–Crippen MR) is 53.8 cm³/mol. The first-order chi connectivity index (χ1) is 7.51. The van der Waals surface area contributed by atoms with Gasteiger partial charge in [0, 0.05) is 0 Å². The molecule has 1 aromatic carbocycles. The largest absolute Gasteiger partial charge is 0.504 e. The summed E-state index contributed by atoms with van der Waals surface area (Å²) in [5.74, 6) is -1.47. The van der Waals surface area contributed by atoms with E-state index in [-0.39, 0.29) is 22.8 Å². The van der Waals surface area contributed by atoms with Gasteiger partial charge in [-0.2, -0.15) is 0 Å². The Morgan fingerprint density at radius 2 is 1.94 bits per heavy atom. The number of benzene rings is 1. The van der Waals surface area contributed by atoms with Crippen molar-refractivity contribution >= 4 is 5.97 Å². The Morgan fingerprint density at radius 1 is 1.31 bits per heavy atom. The molecule has 1 aromatic rings. The number of carbonyl (C=O) groups is 1. The van der Waals surface area contributed by atoms with Gasteiger partial charge < -0.3 is 24.8 Å². The van der Waals surface area contributed by atoms with Crippen molar-refractivity contribution in [2.45, 2.75) is 6.10 Å².